The molecule has 0 unspecified atom stereocenters. The number of carbonyl (C=O) groups excluding carboxylic acids is 1. The fourth-order valence-corrected chi connectivity index (χ4v) is 1.41. The van der Waals surface area contributed by atoms with Crippen LogP contribution < -0.4 is 0 Å². The van der Waals surface area contributed by atoms with E-state index in [9.17, 15) is 4.79 Å². The molecule has 0 saturated heterocycles. The van der Waals surface area contributed by atoms with E-state index in [-0.39, 0.29) is 0 Å². The van der Waals surface area contributed by atoms with Crippen LogP contribution in [0.3, 0.4) is 0 Å². The van der Waals surface area contributed by atoms with Gasteiger partial charge in [0.2, 0.25) is 0 Å². The van der Waals surface area contributed by atoms with Crippen molar-refractivity contribution in [1.82, 2.24) is 9.78 Å². The van der Waals surface area contributed by atoms with Crippen LogP contribution in [0.4, 0.5) is 0 Å². The lowest BCUT2D eigenvalue weighted by molar-refractivity contribution is -0.107. The molecule has 3 nitrogen and oxygen atoms in total. The van der Waals surface area contributed by atoms with Crippen LogP contribution in [-0.2, 0) is 11.2 Å². The Morgan fingerprint density at radius 2 is 2.14 bits per heavy atom. The third-order valence-electron chi connectivity index (χ3n) is 2.05. The summed E-state index contributed by atoms with van der Waals surface area (Å²) >= 11 is 0. The number of nitrogens with zero attached hydrogens (tertiary/aromatic N) is 2. The average molecular weight is 186 g/mol. The fraction of sp³-hybridized carbons (Fsp3) is 0.0909. The van der Waals surface area contributed by atoms with Crippen molar-refractivity contribution >= 4 is 6.29 Å². The predicted molar refractivity (Wildman–Crippen MR) is 53.3 cm³/mol. The van der Waals surface area contributed by atoms with Crippen molar-refractivity contribution in [3.8, 4) is 5.69 Å². The Hall–Kier alpha value is -1.90. The lowest BCUT2D eigenvalue weighted by Gasteiger charge is -2.05. The van der Waals surface area contributed by atoms with Gasteiger partial charge in [-0.25, -0.2) is 4.68 Å². The summed E-state index contributed by atoms with van der Waals surface area (Å²) in [6.07, 6.45) is 4.92. The van der Waals surface area contributed by atoms with Gasteiger partial charge in [-0.1, -0.05) is 18.2 Å². The largest absolute Gasteiger partial charge is 0.303 e. The van der Waals surface area contributed by atoms with E-state index in [1.165, 1.54) is 0 Å². The summed E-state index contributed by atoms with van der Waals surface area (Å²) in [6, 6.07) is 9.60. The van der Waals surface area contributed by atoms with E-state index in [1.807, 2.05) is 36.5 Å². The Morgan fingerprint density at radius 3 is 2.86 bits per heavy atom. The van der Waals surface area contributed by atoms with Crippen LogP contribution in [0.25, 0.3) is 5.69 Å². The van der Waals surface area contributed by atoms with Crippen LogP contribution in [0.5, 0.6) is 0 Å². The highest BCUT2D eigenvalue weighted by atomic mass is 16.1. The second-order valence-corrected chi connectivity index (χ2v) is 2.95. The molecule has 0 atom stereocenters. The van der Waals surface area contributed by atoms with Crippen molar-refractivity contribution < 1.29 is 4.79 Å². The van der Waals surface area contributed by atoms with Gasteiger partial charge in [0.15, 0.2) is 0 Å². The van der Waals surface area contributed by atoms with E-state index >= 15 is 0 Å². The first-order chi connectivity index (χ1) is 6.92. The highest BCUT2D eigenvalue weighted by Crippen LogP contribution is 2.12. The minimum atomic E-state index is 0.427. The molecule has 3 heteroatoms. The van der Waals surface area contributed by atoms with Crippen molar-refractivity contribution in [2.24, 2.45) is 0 Å². The first kappa shape index (κ1) is 8.69. The normalized spacial score (nSPS) is 10.0. The fourth-order valence-electron chi connectivity index (χ4n) is 1.41. The topological polar surface area (TPSA) is 34.9 Å². The van der Waals surface area contributed by atoms with Crippen LogP contribution in [-0.4, -0.2) is 16.1 Å². The van der Waals surface area contributed by atoms with E-state index < -0.39 is 0 Å². The van der Waals surface area contributed by atoms with Gasteiger partial charge in [-0.05, 0) is 17.7 Å². The Balaban J connectivity index is 2.46. The van der Waals surface area contributed by atoms with Crippen LogP contribution in [0.1, 0.15) is 5.56 Å². The number of para-hydroxylation sites is 1. The van der Waals surface area contributed by atoms with E-state index in [2.05, 4.69) is 5.10 Å². The van der Waals surface area contributed by atoms with Crippen LogP contribution in [0.2, 0.25) is 0 Å². The van der Waals surface area contributed by atoms with Gasteiger partial charge in [-0.3, -0.25) is 0 Å². The molecule has 0 saturated carbocycles. The summed E-state index contributed by atoms with van der Waals surface area (Å²) in [4.78, 5) is 10.5. The van der Waals surface area contributed by atoms with Crippen molar-refractivity contribution in [2.45, 2.75) is 6.42 Å². The molecule has 0 aliphatic carbocycles. The van der Waals surface area contributed by atoms with Crippen molar-refractivity contribution in [1.29, 1.82) is 0 Å². The molecule has 2 aromatic rings. The number of rotatable bonds is 3. The predicted octanol–water partition coefficient (Wildman–Crippen LogP) is 1.61. The number of aromatic nitrogens is 2. The Morgan fingerprint density at radius 1 is 1.29 bits per heavy atom. The van der Waals surface area contributed by atoms with Gasteiger partial charge in [0, 0.05) is 18.8 Å². The van der Waals surface area contributed by atoms with E-state index in [4.69, 9.17) is 0 Å². The van der Waals surface area contributed by atoms with Gasteiger partial charge in [0.25, 0.3) is 0 Å². The third-order valence-corrected chi connectivity index (χ3v) is 2.05. The summed E-state index contributed by atoms with van der Waals surface area (Å²) in [5.41, 5.74) is 1.95. The van der Waals surface area contributed by atoms with Gasteiger partial charge in [0.1, 0.15) is 6.29 Å². The summed E-state index contributed by atoms with van der Waals surface area (Å²) in [5, 5.41) is 4.13. The maximum absolute atomic E-state index is 10.5. The van der Waals surface area contributed by atoms with Crippen LogP contribution in [0.15, 0.2) is 42.7 Å². The zero-order valence-corrected chi connectivity index (χ0v) is 7.63. The van der Waals surface area contributed by atoms with Crippen molar-refractivity contribution in [2.75, 3.05) is 0 Å². The van der Waals surface area contributed by atoms with Gasteiger partial charge in [0.05, 0.1) is 5.69 Å². The molecule has 0 aliphatic rings. The third kappa shape index (κ3) is 1.57. The van der Waals surface area contributed by atoms with Crippen molar-refractivity contribution in [3.05, 3.63) is 48.3 Å². The molecule has 0 spiro atoms. The van der Waals surface area contributed by atoms with Gasteiger partial charge < -0.3 is 4.79 Å². The number of hydrogen-bond acceptors (Lipinski definition) is 2. The number of aldehydes is 1. The molecule has 1 aromatic carbocycles. The molecule has 70 valence electrons. The zero-order chi connectivity index (χ0) is 9.80. The smallest absolute Gasteiger partial charge is 0.124 e. The first-order valence-corrected chi connectivity index (χ1v) is 4.43. The first-order valence-electron chi connectivity index (χ1n) is 4.43. The molecule has 1 heterocycles. The lowest BCUT2D eigenvalue weighted by Crippen LogP contribution is -2.00. The molecule has 0 fully saturated rings. The summed E-state index contributed by atoms with van der Waals surface area (Å²) in [5.74, 6) is 0. The molecule has 0 N–H and O–H groups in total. The molecule has 1 aromatic heterocycles. The van der Waals surface area contributed by atoms with Crippen LogP contribution in [0, 0.1) is 0 Å². The van der Waals surface area contributed by atoms with Gasteiger partial charge in [-0.15, -0.1) is 0 Å². The highest BCUT2D eigenvalue weighted by molar-refractivity contribution is 5.58. The minimum absolute atomic E-state index is 0.427. The lowest BCUT2D eigenvalue weighted by atomic mass is 10.1. The van der Waals surface area contributed by atoms with Gasteiger partial charge in [-0.2, -0.15) is 5.10 Å². The highest BCUT2D eigenvalue weighted by Gasteiger charge is 2.02. The molecule has 0 bridgehead atoms. The number of carbonyl (C=O) groups is 1. The Bertz CT molecular complexity index is 421. The maximum Gasteiger partial charge on any atom is 0.124 e. The minimum Gasteiger partial charge on any atom is -0.303 e. The van der Waals surface area contributed by atoms with Crippen molar-refractivity contribution in [3.63, 3.8) is 0 Å². The molecule has 0 aliphatic heterocycles. The quantitative estimate of drug-likeness (QED) is 0.682. The molecular weight excluding hydrogens is 176 g/mol. The number of hydrogen-bond donors (Lipinski definition) is 0. The summed E-state index contributed by atoms with van der Waals surface area (Å²) < 4.78 is 1.76. The zero-order valence-electron chi connectivity index (χ0n) is 7.63. The standard InChI is InChI=1S/C11H10N2O/c14-9-6-10-4-1-2-5-11(10)13-8-3-7-12-13/h1-5,7-9H,6H2. The van der Waals surface area contributed by atoms with Crippen LogP contribution >= 0.6 is 0 Å². The number of benzene rings is 1. The average Bonchev–Trinajstić information content (AvgIpc) is 2.72. The van der Waals surface area contributed by atoms with E-state index in [1.54, 1.807) is 10.9 Å². The molecule has 0 radical (unpaired) electrons. The SMILES string of the molecule is O=CCc1ccccc1-n1cccn1. The second kappa shape index (κ2) is 3.87. The molecular formula is C11H10N2O. The Kier molecular flexibility index (Phi) is 2.40. The molecule has 0 amide bonds. The molecule has 2 rings (SSSR count). The summed E-state index contributed by atoms with van der Waals surface area (Å²) in [7, 11) is 0. The van der Waals surface area contributed by atoms with E-state index in [0.717, 1.165) is 17.5 Å². The second-order valence-electron chi connectivity index (χ2n) is 2.95. The van der Waals surface area contributed by atoms with Gasteiger partial charge >= 0.3 is 0 Å². The Labute approximate surface area is 82.0 Å². The monoisotopic (exact) mass is 186 g/mol. The maximum atomic E-state index is 10.5. The van der Waals surface area contributed by atoms with E-state index in [0.29, 0.717) is 6.42 Å². The summed E-state index contributed by atoms with van der Waals surface area (Å²) in [6.45, 7) is 0. The molecule has 14 heavy (non-hydrogen) atoms.